The lowest BCUT2D eigenvalue weighted by Crippen LogP contribution is -1.98. The van der Waals surface area contributed by atoms with Crippen molar-refractivity contribution in [2.24, 2.45) is 0 Å². The summed E-state index contributed by atoms with van der Waals surface area (Å²) in [5.74, 6) is 0.909. The molecule has 0 amide bonds. The Morgan fingerprint density at radius 2 is 2.38 bits per heavy atom. The smallest absolute Gasteiger partial charge is 0.145 e. The van der Waals surface area contributed by atoms with Crippen LogP contribution in [0.25, 0.3) is 6.08 Å². The van der Waals surface area contributed by atoms with E-state index in [-0.39, 0.29) is 0 Å². The van der Waals surface area contributed by atoms with E-state index in [1.54, 1.807) is 0 Å². The number of hydrogen-bond donors (Lipinski definition) is 0. The van der Waals surface area contributed by atoms with Gasteiger partial charge in [-0.1, -0.05) is 6.08 Å². The van der Waals surface area contributed by atoms with Crippen molar-refractivity contribution in [3.63, 3.8) is 0 Å². The quantitative estimate of drug-likeness (QED) is 0.540. The summed E-state index contributed by atoms with van der Waals surface area (Å²) >= 11 is 2.24. The van der Waals surface area contributed by atoms with Crippen LogP contribution in [0.15, 0.2) is 12.1 Å². The number of nitrogens with zero attached hydrogens (tertiary/aromatic N) is 1. The zero-order valence-electron chi connectivity index (χ0n) is 7.38. The van der Waals surface area contributed by atoms with Crippen molar-refractivity contribution < 1.29 is 4.74 Å². The van der Waals surface area contributed by atoms with Gasteiger partial charge < -0.3 is 4.74 Å². The number of fused-ring (bicyclic) bond motifs is 1. The SMILES string of the molecule is Cc1cc2c(nc1I)C=CCCO2. The molecular weight excluding hydrogens is 277 g/mol. The van der Waals surface area contributed by atoms with Gasteiger partial charge >= 0.3 is 0 Å². The summed E-state index contributed by atoms with van der Waals surface area (Å²) in [6.45, 7) is 2.80. The first-order valence-electron chi connectivity index (χ1n) is 4.24. The molecule has 0 aliphatic carbocycles. The second-order valence-corrected chi connectivity index (χ2v) is 4.04. The number of rotatable bonds is 0. The molecule has 3 heteroatoms. The van der Waals surface area contributed by atoms with E-state index >= 15 is 0 Å². The van der Waals surface area contributed by atoms with Gasteiger partial charge in [0, 0.05) is 0 Å². The molecule has 0 saturated heterocycles. The van der Waals surface area contributed by atoms with Crippen LogP contribution in [0.2, 0.25) is 0 Å². The molecule has 0 saturated carbocycles. The second-order valence-electron chi connectivity index (χ2n) is 3.02. The van der Waals surface area contributed by atoms with E-state index < -0.39 is 0 Å². The zero-order valence-corrected chi connectivity index (χ0v) is 9.54. The minimum Gasteiger partial charge on any atom is -0.491 e. The third kappa shape index (κ3) is 1.85. The molecular formula is C10H10INO. The third-order valence-electron chi connectivity index (χ3n) is 1.96. The molecule has 0 N–H and O–H groups in total. The van der Waals surface area contributed by atoms with E-state index in [1.165, 1.54) is 5.56 Å². The van der Waals surface area contributed by atoms with Crippen LogP contribution in [0.5, 0.6) is 5.75 Å². The highest BCUT2D eigenvalue weighted by Gasteiger charge is 2.08. The van der Waals surface area contributed by atoms with Crippen LogP contribution >= 0.6 is 22.6 Å². The summed E-state index contributed by atoms with van der Waals surface area (Å²) < 4.78 is 6.60. The maximum Gasteiger partial charge on any atom is 0.145 e. The van der Waals surface area contributed by atoms with Gasteiger partial charge in [0.15, 0.2) is 0 Å². The lowest BCUT2D eigenvalue weighted by molar-refractivity contribution is 0.325. The van der Waals surface area contributed by atoms with Crippen molar-refractivity contribution >= 4 is 28.7 Å². The molecule has 0 spiro atoms. The Balaban J connectivity index is 2.52. The fourth-order valence-corrected chi connectivity index (χ4v) is 1.66. The van der Waals surface area contributed by atoms with E-state index in [4.69, 9.17) is 4.74 Å². The molecule has 2 rings (SSSR count). The van der Waals surface area contributed by atoms with E-state index in [1.807, 2.05) is 13.0 Å². The number of aryl methyl sites for hydroxylation is 1. The van der Waals surface area contributed by atoms with Gasteiger partial charge in [0.25, 0.3) is 0 Å². The molecule has 68 valence electrons. The van der Waals surface area contributed by atoms with Crippen LogP contribution < -0.4 is 4.74 Å². The molecule has 0 unspecified atom stereocenters. The van der Waals surface area contributed by atoms with E-state index in [0.717, 1.165) is 28.2 Å². The van der Waals surface area contributed by atoms with Gasteiger partial charge in [0.1, 0.15) is 15.1 Å². The molecule has 13 heavy (non-hydrogen) atoms. The average molecular weight is 287 g/mol. The Kier molecular flexibility index (Phi) is 2.53. The van der Waals surface area contributed by atoms with Gasteiger partial charge in [0.2, 0.25) is 0 Å². The molecule has 2 heterocycles. The minimum atomic E-state index is 0.755. The van der Waals surface area contributed by atoms with Crippen LogP contribution in [-0.2, 0) is 0 Å². The first kappa shape index (κ1) is 8.99. The van der Waals surface area contributed by atoms with Gasteiger partial charge in [-0.15, -0.1) is 0 Å². The summed E-state index contributed by atoms with van der Waals surface area (Å²) in [5, 5.41) is 0. The first-order chi connectivity index (χ1) is 6.27. The van der Waals surface area contributed by atoms with Crippen molar-refractivity contribution in [1.29, 1.82) is 0 Å². The monoisotopic (exact) mass is 287 g/mol. The molecule has 1 aromatic rings. The van der Waals surface area contributed by atoms with Crippen molar-refractivity contribution in [3.8, 4) is 5.75 Å². The molecule has 0 fully saturated rings. The lowest BCUT2D eigenvalue weighted by Gasteiger charge is -2.07. The highest BCUT2D eigenvalue weighted by molar-refractivity contribution is 14.1. The number of aromatic nitrogens is 1. The standard InChI is InChI=1S/C10H10INO/c1-7-6-9-8(12-10(7)11)4-2-3-5-13-9/h2,4,6H,3,5H2,1H3. The van der Waals surface area contributed by atoms with Gasteiger partial charge in [-0.25, -0.2) is 4.98 Å². The normalized spacial score (nSPS) is 14.6. The molecule has 0 aromatic carbocycles. The topological polar surface area (TPSA) is 22.1 Å². The van der Waals surface area contributed by atoms with E-state index in [9.17, 15) is 0 Å². The number of ether oxygens (including phenoxy) is 1. The molecule has 0 radical (unpaired) electrons. The molecule has 0 atom stereocenters. The lowest BCUT2D eigenvalue weighted by atomic mass is 10.2. The van der Waals surface area contributed by atoms with Gasteiger partial charge in [-0.05, 0) is 53.6 Å². The summed E-state index contributed by atoms with van der Waals surface area (Å²) in [6, 6.07) is 2.06. The average Bonchev–Trinajstić information content (AvgIpc) is 2.31. The zero-order chi connectivity index (χ0) is 9.26. The van der Waals surface area contributed by atoms with Crippen molar-refractivity contribution in [2.75, 3.05) is 6.61 Å². The van der Waals surface area contributed by atoms with Crippen LogP contribution in [-0.4, -0.2) is 11.6 Å². The Morgan fingerprint density at radius 3 is 3.23 bits per heavy atom. The summed E-state index contributed by atoms with van der Waals surface area (Å²) in [6.07, 6.45) is 5.10. The number of hydrogen-bond acceptors (Lipinski definition) is 2. The fraction of sp³-hybridized carbons (Fsp3) is 0.300. The summed E-state index contributed by atoms with van der Waals surface area (Å²) in [7, 11) is 0. The predicted molar refractivity (Wildman–Crippen MR) is 60.8 cm³/mol. The van der Waals surface area contributed by atoms with Crippen LogP contribution in [0.1, 0.15) is 17.7 Å². The number of pyridine rings is 1. The molecule has 1 aliphatic heterocycles. The molecule has 1 aromatic heterocycles. The van der Waals surface area contributed by atoms with Crippen molar-refractivity contribution in [2.45, 2.75) is 13.3 Å². The number of halogens is 1. The largest absolute Gasteiger partial charge is 0.491 e. The highest BCUT2D eigenvalue weighted by atomic mass is 127. The van der Waals surface area contributed by atoms with Crippen molar-refractivity contribution in [3.05, 3.63) is 27.1 Å². The Bertz CT molecular complexity index is 360. The Labute approximate surface area is 91.2 Å². The van der Waals surface area contributed by atoms with Crippen LogP contribution in [0, 0.1) is 10.6 Å². The third-order valence-corrected chi connectivity index (χ3v) is 3.05. The van der Waals surface area contributed by atoms with E-state index in [0.29, 0.717) is 0 Å². The van der Waals surface area contributed by atoms with Gasteiger partial charge in [0.05, 0.1) is 6.61 Å². The maximum atomic E-state index is 5.56. The summed E-state index contributed by atoms with van der Waals surface area (Å²) in [4.78, 5) is 4.45. The van der Waals surface area contributed by atoms with Crippen LogP contribution in [0.3, 0.4) is 0 Å². The molecule has 1 aliphatic rings. The maximum absolute atomic E-state index is 5.56. The minimum absolute atomic E-state index is 0.755. The summed E-state index contributed by atoms with van der Waals surface area (Å²) in [5.41, 5.74) is 2.13. The fourth-order valence-electron chi connectivity index (χ4n) is 1.25. The molecule has 2 nitrogen and oxygen atoms in total. The first-order valence-corrected chi connectivity index (χ1v) is 5.32. The predicted octanol–water partition coefficient (Wildman–Crippen LogP) is 2.79. The highest BCUT2D eigenvalue weighted by Crippen LogP contribution is 2.24. The van der Waals surface area contributed by atoms with Crippen molar-refractivity contribution in [1.82, 2.24) is 4.98 Å². The Hall–Kier alpha value is -0.580. The van der Waals surface area contributed by atoms with E-state index in [2.05, 4.69) is 39.7 Å². The van der Waals surface area contributed by atoms with Gasteiger partial charge in [-0.2, -0.15) is 0 Å². The second kappa shape index (κ2) is 3.65. The Morgan fingerprint density at radius 1 is 1.54 bits per heavy atom. The van der Waals surface area contributed by atoms with Gasteiger partial charge in [-0.3, -0.25) is 0 Å². The molecule has 0 bridgehead atoms. The van der Waals surface area contributed by atoms with Crippen LogP contribution in [0.4, 0.5) is 0 Å².